The molecule has 0 amide bonds. The van der Waals surface area contributed by atoms with Crippen LogP contribution in [0.2, 0.25) is 0 Å². The van der Waals surface area contributed by atoms with E-state index >= 15 is 0 Å². The maximum Gasteiger partial charge on any atom is 0.306 e. The lowest BCUT2D eigenvalue weighted by atomic mass is 10.1. The predicted molar refractivity (Wildman–Crippen MR) is 228 cm³/mol. The summed E-state index contributed by atoms with van der Waals surface area (Å²) in [5.41, 5.74) is 0. The zero-order valence-electron chi connectivity index (χ0n) is 34.7. The van der Waals surface area contributed by atoms with Gasteiger partial charge in [-0.05, 0) is 77.0 Å². The van der Waals surface area contributed by atoms with Gasteiger partial charge < -0.3 is 14.2 Å². The molecule has 0 saturated heterocycles. The Bertz CT molecular complexity index is 1090. The summed E-state index contributed by atoms with van der Waals surface area (Å²) >= 11 is 0. The third kappa shape index (κ3) is 39.8. The van der Waals surface area contributed by atoms with E-state index in [1.807, 2.05) is 12.2 Å². The van der Waals surface area contributed by atoms with E-state index in [0.29, 0.717) is 19.3 Å². The van der Waals surface area contributed by atoms with Crippen molar-refractivity contribution in [3.05, 3.63) is 85.1 Å². The Morgan fingerprint density at radius 1 is 0.389 bits per heavy atom. The molecule has 1 atom stereocenters. The molecule has 0 spiro atoms. The Kier molecular flexibility index (Phi) is 39.7. The number of hydrogen-bond acceptors (Lipinski definition) is 6. The van der Waals surface area contributed by atoms with Gasteiger partial charge in [-0.15, -0.1) is 0 Å². The maximum atomic E-state index is 12.6. The molecule has 0 aliphatic heterocycles. The van der Waals surface area contributed by atoms with Crippen LogP contribution in [0, 0.1) is 0 Å². The van der Waals surface area contributed by atoms with Gasteiger partial charge in [0.2, 0.25) is 0 Å². The topological polar surface area (TPSA) is 78.9 Å². The maximum absolute atomic E-state index is 12.6. The highest BCUT2D eigenvalue weighted by Gasteiger charge is 2.19. The first-order valence-electron chi connectivity index (χ1n) is 21.6. The van der Waals surface area contributed by atoms with Crippen molar-refractivity contribution in [2.75, 3.05) is 13.2 Å². The molecule has 0 fully saturated rings. The summed E-state index contributed by atoms with van der Waals surface area (Å²) in [4.78, 5) is 37.4. The van der Waals surface area contributed by atoms with Crippen molar-refractivity contribution in [1.82, 2.24) is 0 Å². The first-order valence-corrected chi connectivity index (χ1v) is 21.6. The monoisotopic (exact) mass is 751 g/mol. The van der Waals surface area contributed by atoms with E-state index in [4.69, 9.17) is 14.2 Å². The molecule has 0 aliphatic carbocycles. The summed E-state index contributed by atoms with van der Waals surface area (Å²) in [5.74, 6) is -1.02. The number of rotatable bonds is 37. The summed E-state index contributed by atoms with van der Waals surface area (Å²) in [5, 5.41) is 0. The second kappa shape index (κ2) is 42.3. The minimum Gasteiger partial charge on any atom is -0.462 e. The minimum absolute atomic E-state index is 0.105. The van der Waals surface area contributed by atoms with Crippen molar-refractivity contribution in [3.8, 4) is 0 Å². The lowest BCUT2D eigenvalue weighted by Gasteiger charge is -2.18. The second-order valence-corrected chi connectivity index (χ2v) is 13.9. The van der Waals surface area contributed by atoms with Crippen LogP contribution in [0.3, 0.4) is 0 Å². The quantitative estimate of drug-likeness (QED) is 0.0272. The number of allylic oxidation sites excluding steroid dienone is 14. The zero-order valence-corrected chi connectivity index (χ0v) is 34.7. The molecule has 0 N–H and O–H groups in total. The van der Waals surface area contributed by atoms with Gasteiger partial charge in [0.15, 0.2) is 6.10 Å². The molecule has 306 valence electrons. The van der Waals surface area contributed by atoms with Gasteiger partial charge in [-0.25, -0.2) is 0 Å². The van der Waals surface area contributed by atoms with Gasteiger partial charge in [0.05, 0.1) is 0 Å². The highest BCUT2D eigenvalue weighted by atomic mass is 16.6. The third-order valence-corrected chi connectivity index (χ3v) is 8.65. The van der Waals surface area contributed by atoms with Crippen LogP contribution in [-0.4, -0.2) is 37.2 Å². The Balaban J connectivity index is 4.42. The van der Waals surface area contributed by atoms with Crippen LogP contribution >= 0.6 is 0 Å². The van der Waals surface area contributed by atoms with Crippen molar-refractivity contribution >= 4 is 17.9 Å². The second-order valence-electron chi connectivity index (χ2n) is 13.9. The minimum atomic E-state index is -0.805. The Morgan fingerprint density at radius 2 is 0.778 bits per heavy atom. The van der Waals surface area contributed by atoms with E-state index in [2.05, 4.69) is 93.7 Å². The lowest BCUT2D eigenvalue weighted by Crippen LogP contribution is -2.30. The van der Waals surface area contributed by atoms with Crippen LogP contribution in [0.5, 0.6) is 0 Å². The summed E-state index contributed by atoms with van der Waals surface area (Å²) in [6.45, 7) is 6.31. The number of esters is 3. The average Bonchev–Trinajstić information content (AvgIpc) is 3.17. The first-order chi connectivity index (χ1) is 26.5. The molecular formula is C48H78O6. The fourth-order valence-corrected chi connectivity index (χ4v) is 5.39. The highest BCUT2D eigenvalue weighted by molar-refractivity contribution is 5.71. The molecule has 0 rings (SSSR count). The van der Waals surface area contributed by atoms with Gasteiger partial charge >= 0.3 is 17.9 Å². The molecule has 0 aromatic carbocycles. The van der Waals surface area contributed by atoms with Crippen molar-refractivity contribution in [1.29, 1.82) is 0 Å². The summed E-state index contributed by atoms with van der Waals surface area (Å²) in [6, 6.07) is 0. The average molecular weight is 751 g/mol. The number of unbranched alkanes of at least 4 members (excludes halogenated alkanes) is 12. The Labute approximate surface area is 331 Å². The molecule has 6 nitrogen and oxygen atoms in total. The van der Waals surface area contributed by atoms with Crippen molar-refractivity contribution in [2.45, 2.75) is 187 Å². The molecule has 0 aliphatic rings. The van der Waals surface area contributed by atoms with Crippen molar-refractivity contribution in [3.63, 3.8) is 0 Å². The number of hydrogen-bond donors (Lipinski definition) is 0. The fourth-order valence-electron chi connectivity index (χ4n) is 5.39. The standard InChI is InChI=1S/C48H78O6/c1-4-7-10-13-16-18-20-21-22-23-24-25-26-27-29-30-32-35-38-41-47(50)53-44-45(43-52-46(49)40-37-34-15-12-9-6-3)54-48(51)42-39-36-33-31-28-19-17-14-11-8-5-2/h7,10,14,16-18,21-22,24-25,27,29,32,35,45H,4-6,8-9,11-13,15,19-20,23,26,28,30-31,33-34,36-44H2,1-3H3/b10-7-,17-14-,18-16-,22-21-,25-24-,29-27-,35-32-. The van der Waals surface area contributed by atoms with Gasteiger partial charge in [-0.3, -0.25) is 14.4 Å². The number of ether oxygens (including phenoxy) is 3. The van der Waals surface area contributed by atoms with Crippen LogP contribution in [0.1, 0.15) is 181 Å². The molecule has 0 radical (unpaired) electrons. The van der Waals surface area contributed by atoms with Crippen LogP contribution in [-0.2, 0) is 28.6 Å². The van der Waals surface area contributed by atoms with Crippen LogP contribution in [0.4, 0.5) is 0 Å². The predicted octanol–water partition coefficient (Wildman–Crippen LogP) is 13.7. The van der Waals surface area contributed by atoms with Gasteiger partial charge in [0, 0.05) is 19.3 Å². The van der Waals surface area contributed by atoms with Crippen molar-refractivity contribution < 1.29 is 28.6 Å². The van der Waals surface area contributed by atoms with Crippen LogP contribution < -0.4 is 0 Å². The van der Waals surface area contributed by atoms with Crippen molar-refractivity contribution in [2.24, 2.45) is 0 Å². The van der Waals surface area contributed by atoms with Crippen LogP contribution in [0.25, 0.3) is 0 Å². The molecule has 0 heterocycles. The molecule has 0 aromatic heterocycles. The molecular weight excluding hydrogens is 673 g/mol. The normalized spacial score (nSPS) is 12.9. The Morgan fingerprint density at radius 3 is 1.30 bits per heavy atom. The molecule has 6 heteroatoms. The molecule has 0 aromatic rings. The highest BCUT2D eigenvalue weighted by Crippen LogP contribution is 2.11. The zero-order chi connectivity index (χ0) is 39.4. The molecule has 54 heavy (non-hydrogen) atoms. The summed E-state index contributed by atoms with van der Waals surface area (Å²) < 4.78 is 16.5. The van der Waals surface area contributed by atoms with E-state index in [9.17, 15) is 14.4 Å². The van der Waals surface area contributed by atoms with E-state index < -0.39 is 6.10 Å². The van der Waals surface area contributed by atoms with Gasteiger partial charge in [-0.1, -0.05) is 170 Å². The van der Waals surface area contributed by atoms with Gasteiger partial charge in [-0.2, -0.15) is 0 Å². The SMILES string of the molecule is CC/C=C\C/C=C\C/C=C\C/C=C\C/C=C\C/C=C\CCC(=O)OCC(COC(=O)CCCCCCCC)OC(=O)CCCCCCC/C=C\CCCC. The molecule has 1 unspecified atom stereocenters. The Hall–Kier alpha value is -3.41. The van der Waals surface area contributed by atoms with E-state index in [1.54, 1.807) is 0 Å². The summed E-state index contributed by atoms with van der Waals surface area (Å²) in [7, 11) is 0. The largest absolute Gasteiger partial charge is 0.462 e. The molecule has 0 saturated carbocycles. The third-order valence-electron chi connectivity index (χ3n) is 8.65. The fraction of sp³-hybridized carbons (Fsp3) is 0.646. The smallest absolute Gasteiger partial charge is 0.306 e. The number of carbonyl (C=O) groups excluding carboxylic acids is 3. The first kappa shape index (κ1) is 50.6. The lowest BCUT2D eigenvalue weighted by molar-refractivity contribution is -0.166. The molecule has 0 bridgehead atoms. The van der Waals surface area contributed by atoms with Crippen LogP contribution in [0.15, 0.2) is 85.1 Å². The van der Waals surface area contributed by atoms with Gasteiger partial charge in [0.1, 0.15) is 13.2 Å². The van der Waals surface area contributed by atoms with E-state index in [-0.39, 0.29) is 37.5 Å². The van der Waals surface area contributed by atoms with E-state index in [1.165, 1.54) is 44.9 Å². The van der Waals surface area contributed by atoms with Gasteiger partial charge in [0.25, 0.3) is 0 Å². The number of carbonyl (C=O) groups is 3. The summed E-state index contributed by atoms with van der Waals surface area (Å²) in [6.07, 6.45) is 53.1. The van der Waals surface area contributed by atoms with E-state index in [0.717, 1.165) is 89.9 Å².